The zero-order chi connectivity index (χ0) is 21.4. The number of methoxy groups -OCH3 is 2. The number of amides is 3. The van der Waals surface area contributed by atoms with Crippen LogP contribution < -0.4 is 14.8 Å². The molecule has 0 bridgehead atoms. The second kappa shape index (κ2) is 7.55. The molecule has 2 aliphatic rings. The van der Waals surface area contributed by atoms with Gasteiger partial charge in [-0.2, -0.15) is 14.3 Å². The molecule has 1 N–H and O–H groups in total. The van der Waals surface area contributed by atoms with Gasteiger partial charge >= 0.3 is 11.9 Å². The molecule has 2 aliphatic heterocycles. The largest absolute Gasteiger partial charge is 0.502 e. The average molecular weight is 408 g/mol. The molecular formula is C22H22N3O5+. The van der Waals surface area contributed by atoms with Crippen LogP contribution in [-0.2, 0) is 9.53 Å². The zero-order valence-corrected chi connectivity index (χ0v) is 17.1. The molecule has 0 aliphatic carbocycles. The number of benzene rings is 2. The summed E-state index contributed by atoms with van der Waals surface area (Å²) in [5.41, 5.74) is 1.99. The first-order valence-electron chi connectivity index (χ1n) is 9.35. The molecule has 1 atom stereocenters. The number of hydrogen-bond acceptors (Lipinski definition) is 6. The van der Waals surface area contributed by atoms with Crippen LogP contribution in [0.25, 0.3) is 5.57 Å². The van der Waals surface area contributed by atoms with Crippen LogP contribution in [0.5, 0.6) is 11.5 Å². The molecule has 1 unspecified atom stereocenters. The zero-order valence-electron chi connectivity index (χ0n) is 17.1. The highest BCUT2D eigenvalue weighted by Crippen LogP contribution is 2.44. The third kappa shape index (κ3) is 2.97. The van der Waals surface area contributed by atoms with Gasteiger partial charge in [0, 0.05) is 11.3 Å². The van der Waals surface area contributed by atoms with Gasteiger partial charge in [0.05, 0.1) is 33.9 Å². The van der Waals surface area contributed by atoms with E-state index in [0.29, 0.717) is 28.5 Å². The number of nitrogens with zero attached hydrogens (tertiary/aromatic N) is 2. The van der Waals surface area contributed by atoms with E-state index >= 15 is 0 Å². The number of imide groups is 1. The van der Waals surface area contributed by atoms with E-state index in [1.54, 1.807) is 20.2 Å². The summed E-state index contributed by atoms with van der Waals surface area (Å²) < 4.78 is 18.5. The molecule has 2 aromatic rings. The number of carbonyl (C=O) groups excluding carboxylic acids is 2. The van der Waals surface area contributed by atoms with Gasteiger partial charge < -0.3 is 19.5 Å². The molecule has 154 valence electrons. The summed E-state index contributed by atoms with van der Waals surface area (Å²) in [5, 5.41) is 3.24. The van der Waals surface area contributed by atoms with Gasteiger partial charge in [0.1, 0.15) is 0 Å². The minimum Gasteiger partial charge on any atom is -0.493 e. The SMILES string of the molecule is COc1cccc(C2=C(Nc3ccccc3)OC3=[N+](C)C(=O)N(C)C(=O)C23)c1OC. The third-order valence-electron chi connectivity index (χ3n) is 5.19. The number of fused-ring (bicyclic) bond motifs is 1. The number of rotatable bonds is 5. The van der Waals surface area contributed by atoms with E-state index in [-0.39, 0.29) is 11.8 Å². The average Bonchev–Trinajstić information content (AvgIpc) is 3.15. The molecule has 3 amide bonds. The maximum Gasteiger partial charge on any atom is 0.502 e. The second-order valence-electron chi connectivity index (χ2n) is 6.89. The van der Waals surface area contributed by atoms with Crippen molar-refractivity contribution in [3.05, 3.63) is 60.0 Å². The Labute approximate surface area is 174 Å². The first-order valence-corrected chi connectivity index (χ1v) is 9.35. The van der Waals surface area contributed by atoms with Crippen molar-refractivity contribution in [3.63, 3.8) is 0 Å². The molecule has 0 fully saturated rings. The van der Waals surface area contributed by atoms with Gasteiger partial charge in [0.2, 0.25) is 5.88 Å². The first kappa shape index (κ1) is 19.5. The van der Waals surface area contributed by atoms with Crippen LogP contribution in [0, 0.1) is 5.92 Å². The van der Waals surface area contributed by atoms with E-state index < -0.39 is 11.9 Å². The molecule has 0 saturated heterocycles. The Morgan fingerprint density at radius 1 is 1.03 bits per heavy atom. The Hall–Kier alpha value is -3.81. The van der Waals surface area contributed by atoms with Crippen molar-refractivity contribution in [1.82, 2.24) is 4.90 Å². The van der Waals surface area contributed by atoms with Crippen LogP contribution in [0.4, 0.5) is 10.5 Å². The lowest BCUT2D eigenvalue weighted by Gasteiger charge is -2.21. The van der Waals surface area contributed by atoms with Crippen molar-refractivity contribution in [2.75, 3.05) is 33.6 Å². The van der Waals surface area contributed by atoms with Crippen LogP contribution in [0.15, 0.2) is 54.4 Å². The Bertz CT molecular complexity index is 1090. The molecule has 2 aromatic carbocycles. The molecule has 8 nitrogen and oxygen atoms in total. The fourth-order valence-corrected chi connectivity index (χ4v) is 3.69. The summed E-state index contributed by atoms with van der Waals surface area (Å²) in [6, 6.07) is 14.4. The van der Waals surface area contributed by atoms with Gasteiger partial charge in [-0.05, 0) is 18.2 Å². The monoisotopic (exact) mass is 408 g/mol. The Morgan fingerprint density at radius 2 is 1.77 bits per heavy atom. The number of hydrogen-bond donors (Lipinski definition) is 1. The van der Waals surface area contributed by atoms with E-state index in [2.05, 4.69) is 5.32 Å². The van der Waals surface area contributed by atoms with Crippen LogP contribution in [0.2, 0.25) is 0 Å². The Balaban J connectivity index is 1.95. The number of urea groups is 1. The van der Waals surface area contributed by atoms with Crippen molar-refractivity contribution in [3.8, 4) is 11.5 Å². The van der Waals surface area contributed by atoms with Crippen LogP contribution in [0.3, 0.4) is 0 Å². The molecule has 30 heavy (non-hydrogen) atoms. The number of para-hydroxylation sites is 2. The van der Waals surface area contributed by atoms with Crippen molar-refractivity contribution in [2.24, 2.45) is 5.92 Å². The number of ether oxygens (including phenoxy) is 3. The highest BCUT2D eigenvalue weighted by molar-refractivity contribution is 6.18. The lowest BCUT2D eigenvalue weighted by molar-refractivity contribution is -0.415. The summed E-state index contributed by atoms with van der Waals surface area (Å²) in [7, 11) is 6.13. The topological polar surface area (TPSA) is 80.1 Å². The second-order valence-corrected chi connectivity index (χ2v) is 6.89. The van der Waals surface area contributed by atoms with Crippen molar-refractivity contribution >= 4 is 29.1 Å². The maximum absolute atomic E-state index is 13.1. The minimum absolute atomic E-state index is 0.251. The fraction of sp³-hybridized carbons (Fsp3) is 0.227. The summed E-state index contributed by atoms with van der Waals surface area (Å²) in [6.07, 6.45) is 0. The van der Waals surface area contributed by atoms with Crippen molar-refractivity contribution in [2.45, 2.75) is 0 Å². The Kier molecular flexibility index (Phi) is 4.91. The van der Waals surface area contributed by atoms with Gasteiger partial charge in [-0.25, -0.2) is 4.79 Å². The van der Waals surface area contributed by atoms with Crippen LogP contribution >= 0.6 is 0 Å². The highest BCUT2D eigenvalue weighted by atomic mass is 16.5. The van der Waals surface area contributed by atoms with E-state index in [1.165, 1.54) is 18.7 Å². The van der Waals surface area contributed by atoms with E-state index in [1.807, 2.05) is 42.5 Å². The number of carbonyl (C=O) groups is 2. The normalized spacial score (nSPS) is 18.4. The summed E-state index contributed by atoms with van der Waals surface area (Å²) in [5.74, 6) is 0.429. The number of anilines is 1. The summed E-state index contributed by atoms with van der Waals surface area (Å²) in [4.78, 5) is 26.7. The van der Waals surface area contributed by atoms with Gasteiger partial charge in [-0.3, -0.25) is 0 Å². The smallest absolute Gasteiger partial charge is 0.493 e. The quantitative estimate of drug-likeness (QED) is 0.767. The first-order chi connectivity index (χ1) is 14.5. The van der Waals surface area contributed by atoms with Gasteiger partial charge in [-0.15, -0.1) is 0 Å². The van der Waals surface area contributed by atoms with Crippen molar-refractivity contribution in [1.29, 1.82) is 0 Å². The molecule has 2 heterocycles. The molecule has 0 aromatic heterocycles. The van der Waals surface area contributed by atoms with Gasteiger partial charge in [-0.1, -0.05) is 30.3 Å². The molecular weight excluding hydrogens is 386 g/mol. The van der Waals surface area contributed by atoms with E-state index in [0.717, 1.165) is 10.6 Å². The predicted octanol–water partition coefficient (Wildman–Crippen LogP) is 2.76. The van der Waals surface area contributed by atoms with Gasteiger partial charge in [0.15, 0.2) is 17.4 Å². The molecule has 8 heteroatoms. The standard InChI is InChI=1S/C22H22N3O5/c1-24-20(26)17-16(14-11-8-12-15(28-3)18(14)29-4)19(23-13-9-6-5-7-10-13)30-21(17)25(2)22(24)27/h5-12,17,23H,1-4H3/q+1. The number of nitrogens with one attached hydrogen (secondary N) is 1. The van der Waals surface area contributed by atoms with Crippen LogP contribution in [-0.4, -0.2) is 55.6 Å². The molecule has 0 radical (unpaired) electrons. The Morgan fingerprint density at radius 3 is 2.43 bits per heavy atom. The maximum atomic E-state index is 13.1. The summed E-state index contributed by atoms with van der Waals surface area (Å²) in [6.45, 7) is 0. The lowest BCUT2D eigenvalue weighted by atomic mass is 9.90. The predicted molar refractivity (Wildman–Crippen MR) is 110 cm³/mol. The van der Waals surface area contributed by atoms with Crippen molar-refractivity contribution < 1.29 is 28.4 Å². The van der Waals surface area contributed by atoms with E-state index in [4.69, 9.17) is 14.2 Å². The fourth-order valence-electron chi connectivity index (χ4n) is 3.69. The molecule has 0 spiro atoms. The summed E-state index contributed by atoms with van der Waals surface area (Å²) >= 11 is 0. The van der Waals surface area contributed by atoms with Crippen LogP contribution in [0.1, 0.15) is 5.56 Å². The highest BCUT2D eigenvalue weighted by Gasteiger charge is 2.54. The third-order valence-corrected chi connectivity index (χ3v) is 5.19. The minimum atomic E-state index is -0.801. The van der Waals surface area contributed by atoms with Gasteiger partial charge in [0.25, 0.3) is 5.90 Å². The molecule has 4 rings (SSSR count). The molecule has 0 saturated carbocycles. The van der Waals surface area contributed by atoms with E-state index in [9.17, 15) is 9.59 Å². The lowest BCUT2D eigenvalue weighted by Crippen LogP contribution is -2.51.